The summed E-state index contributed by atoms with van der Waals surface area (Å²) in [5.41, 5.74) is 1.86. The van der Waals surface area contributed by atoms with Crippen LogP contribution in [0.4, 0.5) is 11.4 Å². The van der Waals surface area contributed by atoms with E-state index in [1.807, 2.05) is 13.8 Å². The van der Waals surface area contributed by atoms with Crippen LogP contribution in [0.3, 0.4) is 0 Å². The van der Waals surface area contributed by atoms with Gasteiger partial charge in [0, 0.05) is 17.4 Å². The van der Waals surface area contributed by atoms with Gasteiger partial charge in [-0.15, -0.1) is 0 Å². The molecule has 0 aromatic heterocycles. The van der Waals surface area contributed by atoms with E-state index in [2.05, 4.69) is 10.0 Å². The Labute approximate surface area is 180 Å². The van der Waals surface area contributed by atoms with Crippen molar-refractivity contribution in [1.29, 1.82) is 0 Å². The minimum Gasteiger partial charge on any atom is -0.494 e. The molecule has 3 aromatic rings. The van der Waals surface area contributed by atoms with Crippen LogP contribution >= 0.6 is 11.6 Å². The summed E-state index contributed by atoms with van der Waals surface area (Å²) >= 11 is 6.18. The molecule has 6 nitrogen and oxygen atoms in total. The lowest BCUT2D eigenvalue weighted by Gasteiger charge is -2.12. The van der Waals surface area contributed by atoms with Gasteiger partial charge in [0.25, 0.3) is 15.9 Å². The fourth-order valence-electron chi connectivity index (χ4n) is 2.72. The van der Waals surface area contributed by atoms with Crippen molar-refractivity contribution in [2.45, 2.75) is 18.7 Å². The van der Waals surface area contributed by atoms with E-state index >= 15 is 0 Å². The first kappa shape index (κ1) is 21.7. The Bertz CT molecular complexity index is 1160. The van der Waals surface area contributed by atoms with E-state index in [1.165, 1.54) is 30.3 Å². The van der Waals surface area contributed by atoms with Crippen molar-refractivity contribution in [3.8, 4) is 5.75 Å². The average molecular weight is 445 g/mol. The number of carbonyl (C=O) groups excluding carboxylic acids is 1. The van der Waals surface area contributed by atoms with Gasteiger partial charge in [-0.05, 0) is 56.3 Å². The van der Waals surface area contributed by atoms with Gasteiger partial charge in [0.15, 0.2) is 0 Å². The van der Waals surface area contributed by atoms with Gasteiger partial charge < -0.3 is 10.1 Å². The van der Waals surface area contributed by atoms with Crippen molar-refractivity contribution in [3.05, 3.63) is 82.9 Å². The van der Waals surface area contributed by atoms with Crippen LogP contribution in [-0.2, 0) is 10.0 Å². The number of benzene rings is 3. The molecule has 0 atom stereocenters. The van der Waals surface area contributed by atoms with Gasteiger partial charge in [-0.2, -0.15) is 0 Å². The van der Waals surface area contributed by atoms with Crippen LogP contribution in [0, 0.1) is 6.92 Å². The standard InChI is InChI=1S/C22H21ClN2O4S/c1-3-29-18-6-4-5-16(13-18)24-22(26)20-14-17(9-12-21(20)23)25-30(27,28)19-10-7-15(2)8-11-19/h4-14,25H,3H2,1-2H3,(H,24,26). The van der Waals surface area contributed by atoms with E-state index < -0.39 is 15.9 Å². The highest BCUT2D eigenvalue weighted by molar-refractivity contribution is 7.92. The summed E-state index contributed by atoms with van der Waals surface area (Å²) in [7, 11) is -3.80. The minimum atomic E-state index is -3.80. The Morgan fingerprint density at radius 3 is 2.43 bits per heavy atom. The quantitative estimate of drug-likeness (QED) is 0.531. The molecule has 3 aromatic carbocycles. The molecule has 0 aliphatic heterocycles. The van der Waals surface area contributed by atoms with Crippen molar-refractivity contribution in [1.82, 2.24) is 0 Å². The molecular weight excluding hydrogens is 424 g/mol. The monoisotopic (exact) mass is 444 g/mol. The lowest BCUT2D eigenvalue weighted by molar-refractivity contribution is 0.102. The number of carbonyl (C=O) groups is 1. The second-order valence-corrected chi connectivity index (χ2v) is 8.62. The number of sulfonamides is 1. The lowest BCUT2D eigenvalue weighted by Crippen LogP contribution is -2.15. The van der Waals surface area contributed by atoms with Gasteiger partial charge in [-0.1, -0.05) is 35.4 Å². The van der Waals surface area contributed by atoms with Crippen molar-refractivity contribution < 1.29 is 17.9 Å². The molecule has 0 fully saturated rings. The molecule has 0 saturated carbocycles. The lowest BCUT2D eigenvalue weighted by atomic mass is 10.2. The van der Waals surface area contributed by atoms with Gasteiger partial charge in [0.2, 0.25) is 0 Å². The third-order valence-corrected chi connectivity index (χ3v) is 5.92. The third kappa shape index (κ3) is 5.31. The van der Waals surface area contributed by atoms with E-state index in [4.69, 9.17) is 16.3 Å². The topological polar surface area (TPSA) is 84.5 Å². The second kappa shape index (κ2) is 9.19. The molecule has 0 unspecified atom stereocenters. The predicted molar refractivity (Wildman–Crippen MR) is 119 cm³/mol. The maximum absolute atomic E-state index is 12.7. The summed E-state index contributed by atoms with van der Waals surface area (Å²) in [5.74, 6) is 0.158. The Morgan fingerprint density at radius 2 is 1.73 bits per heavy atom. The van der Waals surface area contributed by atoms with Gasteiger partial charge in [-0.25, -0.2) is 8.42 Å². The summed E-state index contributed by atoms with van der Waals surface area (Å²) in [6, 6.07) is 17.8. The van der Waals surface area contributed by atoms with Gasteiger partial charge >= 0.3 is 0 Å². The van der Waals surface area contributed by atoms with Crippen molar-refractivity contribution >= 4 is 38.9 Å². The van der Waals surface area contributed by atoms with Gasteiger partial charge in [0.1, 0.15) is 5.75 Å². The highest BCUT2D eigenvalue weighted by Crippen LogP contribution is 2.25. The molecule has 3 rings (SSSR count). The van der Waals surface area contributed by atoms with E-state index in [1.54, 1.807) is 36.4 Å². The summed E-state index contributed by atoms with van der Waals surface area (Å²) in [5, 5.41) is 2.95. The fourth-order valence-corrected chi connectivity index (χ4v) is 3.98. The highest BCUT2D eigenvalue weighted by atomic mass is 35.5. The molecule has 1 amide bonds. The minimum absolute atomic E-state index is 0.127. The molecule has 8 heteroatoms. The molecule has 0 aliphatic rings. The van der Waals surface area contributed by atoms with Crippen LogP contribution in [0.5, 0.6) is 5.75 Å². The van der Waals surface area contributed by atoms with Gasteiger partial charge in [-0.3, -0.25) is 9.52 Å². The fraction of sp³-hybridized carbons (Fsp3) is 0.136. The molecular formula is C22H21ClN2O4S. The molecule has 2 N–H and O–H groups in total. The Balaban J connectivity index is 1.81. The predicted octanol–water partition coefficient (Wildman–Crippen LogP) is 5.10. The summed E-state index contributed by atoms with van der Waals surface area (Å²) in [6.45, 7) is 4.25. The highest BCUT2D eigenvalue weighted by Gasteiger charge is 2.17. The van der Waals surface area contributed by atoms with E-state index in [-0.39, 0.29) is 21.2 Å². The van der Waals surface area contributed by atoms with Crippen LogP contribution in [0.2, 0.25) is 5.02 Å². The maximum Gasteiger partial charge on any atom is 0.261 e. The van der Waals surface area contributed by atoms with E-state index in [0.29, 0.717) is 18.0 Å². The Morgan fingerprint density at radius 1 is 1.00 bits per heavy atom. The second-order valence-electron chi connectivity index (χ2n) is 6.53. The number of rotatable bonds is 7. The first-order chi connectivity index (χ1) is 14.3. The number of aryl methyl sites for hydroxylation is 1. The third-order valence-electron chi connectivity index (χ3n) is 4.20. The summed E-state index contributed by atoms with van der Waals surface area (Å²) in [4.78, 5) is 12.8. The Kier molecular flexibility index (Phi) is 6.64. The molecule has 30 heavy (non-hydrogen) atoms. The number of anilines is 2. The zero-order valence-electron chi connectivity index (χ0n) is 16.5. The van der Waals surface area contributed by atoms with Crippen LogP contribution in [0.15, 0.2) is 71.6 Å². The number of hydrogen-bond donors (Lipinski definition) is 2. The molecule has 156 valence electrons. The molecule has 0 saturated heterocycles. The maximum atomic E-state index is 12.7. The first-order valence-electron chi connectivity index (χ1n) is 9.22. The molecule has 0 radical (unpaired) electrons. The van der Waals surface area contributed by atoms with Crippen molar-refractivity contribution in [3.63, 3.8) is 0 Å². The van der Waals surface area contributed by atoms with E-state index in [9.17, 15) is 13.2 Å². The average Bonchev–Trinajstić information content (AvgIpc) is 2.70. The Hall–Kier alpha value is -3.03. The number of hydrogen-bond acceptors (Lipinski definition) is 4. The number of ether oxygens (including phenoxy) is 1. The van der Waals surface area contributed by atoms with Crippen molar-refractivity contribution in [2.75, 3.05) is 16.6 Å². The zero-order chi connectivity index (χ0) is 21.7. The van der Waals surface area contributed by atoms with Crippen LogP contribution in [0.25, 0.3) is 0 Å². The SMILES string of the molecule is CCOc1cccc(NC(=O)c2cc(NS(=O)(=O)c3ccc(C)cc3)ccc2Cl)c1. The molecule has 0 spiro atoms. The summed E-state index contributed by atoms with van der Waals surface area (Å²) in [6.07, 6.45) is 0. The number of amides is 1. The van der Waals surface area contributed by atoms with Gasteiger partial charge in [0.05, 0.1) is 22.1 Å². The normalized spacial score (nSPS) is 11.0. The van der Waals surface area contributed by atoms with Crippen LogP contribution in [-0.4, -0.2) is 20.9 Å². The van der Waals surface area contributed by atoms with Crippen molar-refractivity contribution in [2.24, 2.45) is 0 Å². The largest absolute Gasteiger partial charge is 0.494 e. The molecule has 0 bridgehead atoms. The summed E-state index contributed by atoms with van der Waals surface area (Å²) < 4.78 is 33.1. The smallest absolute Gasteiger partial charge is 0.261 e. The molecule has 0 aliphatic carbocycles. The molecule has 0 heterocycles. The van der Waals surface area contributed by atoms with Crippen LogP contribution < -0.4 is 14.8 Å². The van der Waals surface area contributed by atoms with Crippen LogP contribution in [0.1, 0.15) is 22.8 Å². The first-order valence-corrected chi connectivity index (χ1v) is 11.1. The zero-order valence-corrected chi connectivity index (χ0v) is 18.0. The van der Waals surface area contributed by atoms with E-state index in [0.717, 1.165) is 5.56 Å². The number of halogens is 1. The number of nitrogens with one attached hydrogen (secondary N) is 2.